The molecule has 0 heterocycles. The van der Waals surface area contributed by atoms with Gasteiger partial charge in [0.2, 0.25) is 0 Å². The highest BCUT2D eigenvalue weighted by atomic mass is 32.2. The largest absolute Gasteiger partial charge is 0.335 e. The zero-order valence-corrected chi connectivity index (χ0v) is 14.3. The van der Waals surface area contributed by atoms with Crippen molar-refractivity contribution >= 4 is 15.7 Å². The van der Waals surface area contributed by atoms with Crippen LogP contribution >= 0.6 is 0 Å². The topological polar surface area (TPSA) is 54.5 Å². The summed E-state index contributed by atoms with van der Waals surface area (Å²) in [6.45, 7) is 1.74. The molecule has 2 aromatic rings. The molecule has 0 unspecified atom stereocenters. The SMILES string of the molecule is C[C@H](c1ccc(S(C)(=O)=O)cc1)N(C)C(=O)c1cc(F)cc(F)c1. The van der Waals surface area contributed by atoms with Crippen LogP contribution in [0, 0.1) is 11.6 Å². The van der Waals surface area contributed by atoms with Gasteiger partial charge in [-0.2, -0.15) is 0 Å². The molecule has 0 radical (unpaired) electrons. The monoisotopic (exact) mass is 353 g/mol. The Labute approximate surface area is 139 Å². The molecule has 0 N–H and O–H groups in total. The number of hydrogen-bond donors (Lipinski definition) is 0. The highest BCUT2D eigenvalue weighted by molar-refractivity contribution is 7.90. The van der Waals surface area contributed by atoms with E-state index in [9.17, 15) is 22.0 Å². The number of hydrogen-bond acceptors (Lipinski definition) is 3. The zero-order chi connectivity index (χ0) is 18.1. The van der Waals surface area contributed by atoms with Crippen molar-refractivity contribution in [2.45, 2.75) is 17.9 Å². The van der Waals surface area contributed by atoms with Gasteiger partial charge in [-0.15, -0.1) is 0 Å². The molecule has 0 aliphatic carbocycles. The van der Waals surface area contributed by atoms with Gasteiger partial charge in [0.1, 0.15) is 11.6 Å². The maximum atomic E-state index is 13.3. The smallest absolute Gasteiger partial charge is 0.254 e. The van der Waals surface area contributed by atoms with Crippen LogP contribution in [-0.4, -0.2) is 32.5 Å². The van der Waals surface area contributed by atoms with Crippen LogP contribution in [0.25, 0.3) is 0 Å². The fraction of sp³-hybridized carbons (Fsp3) is 0.235. The second kappa shape index (κ2) is 6.68. The van der Waals surface area contributed by atoms with Gasteiger partial charge in [0.05, 0.1) is 10.9 Å². The van der Waals surface area contributed by atoms with Gasteiger partial charge in [-0.25, -0.2) is 17.2 Å². The van der Waals surface area contributed by atoms with Gasteiger partial charge in [0, 0.05) is 24.9 Å². The van der Waals surface area contributed by atoms with Gasteiger partial charge in [0.25, 0.3) is 5.91 Å². The van der Waals surface area contributed by atoms with Crippen molar-refractivity contribution in [3.8, 4) is 0 Å². The van der Waals surface area contributed by atoms with Gasteiger partial charge in [-0.1, -0.05) is 12.1 Å². The molecule has 1 atom stereocenters. The third-order valence-electron chi connectivity index (χ3n) is 3.80. The van der Waals surface area contributed by atoms with E-state index in [1.165, 1.54) is 24.1 Å². The van der Waals surface area contributed by atoms with Crippen molar-refractivity contribution in [3.05, 3.63) is 65.2 Å². The molecule has 0 fully saturated rings. The van der Waals surface area contributed by atoms with Gasteiger partial charge >= 0.3 is 0 Å². The average Bonchev–Trinajstić information content (AvgIpc) is 2.51. The summed E-state index contributed by atoms with van der Waals surface area (Å²) < 4.78 is 49.5. The first-order valence-corrected chi connectivity index (χ1v) is 9.02. The molecule has 2 aromatic carbocycles. The Balaban J connectivity index is 2.25. The summed E-state index contributed by atoms with van der Waals surface area (Å²) in [7, 11) is -1.78. The quantitative estimate of drug-likeness (QED) is 0.848. The molecule has 0 saturated carbocycles. The van der Waals surface area contributed by atoms with Crippen molar-refractivity contribution in [1.29, 1.82) is 0 Å². The van der Waals surface area contributed by atoms with E-state index in [4.69, 9.17) is 0 Å². The first-order chi connectivity index (χ1) is 11.1. The Kier molecular flexibility index (Phi) is 5.03. The van der Waals surface area contributed by atoms with Crippen LogP contribution in [0.2, 0.25) is 0 Å². The van der Waals surface area contributed by atoms with E-state index < -0.39 is 33.4 Å². The molecule has 7 heteroatoms. The Morgan fingerprint density at radius 2 is 1.54 bits per heavy atom. The van der Waals surface area contributed by atoms with E-state index in [-0.39, 0.29) is 10.5 Å². The molecule has 1 amide bonds. The Hall–Kier alpha value is -2.28. The summed E-state index contributed by atoms with van der Waals surface area (Å²) in [5, 5.41) is 0. The van der Waals surface area contributed by atoms with Crippen molar-refractivity contribution in [3.63, 3.8) is 0 Å². The minimum atomic E-state index is -3.30. The summed E-state index contributed by atoms with van der Waals surface area (Å²) in [6.07, 6.45) is 1.11. The predicted molar refractivity (Wildman–Crippen MR) is 86.4 cm³/mol. The molecule has 0 bridgehead atoms. The van der Waals surface area contributed by atoms with Gasteiger partial charge in [0.15, 0.2) is 9.84 Å². The Bertz CT molecular complexity index is 844. The first kappa shape index (κ1) is 18.1. The Morgan fingerprint density at radius 3 is 2.00 bits per heavy atom. The van der Waals surface area contributed by atoms with E-state index in [1.54, 1.807) is 19.1 Å². The van der Waals surface area contributed by atoms with Crippen LogP contribution in [-0.2, 0) is 9.84 Å². The third kappa shape index (κ3) is 3.97. The van der Waals surface area contributed by atoms with E-state index in [0.717, 1.165) is 18.4 Å². The van der Waals surface area contributed by atoms with Gasteiger partial charge in [-0.3, -0.25) is 4.79 Å². The lowest BCUT2D eigenvalue weighted by Gasteiger charge is -2.25. The highest BCUT2D eigenvalue weighted by Gasteiger charge is 2.20. The summed E-state index contributed by atoms with van der Waals surface area (Å²) in [6, 6.07) is 8.38. The lowest BCUT2D eigenvalue weighted by atomic mass is 10.1. The van der Waals surface area contributed by atoms with Crippen LogP contribution < -0.4 is 0 Å². The molecule has 128 valence electrons. The average molecular weight is 353 g/mol. The molecule has 0 spiro atoms. The second-order valence-corrected chi connectivity index (χ2v) is 7.61. The fourth-order valence-electron chi connectivity index (χ4n) is 2.27. The molecule has 4 nitrogen and oxygen atoms in total. The van der Waals surface area contributed by atoms with E-state index in [0.29, 0.717) is 11.6 Å². The fourth-order valence-corrected chi connectivity index (χ4v) is 2.90. The lowest BCUT2D eigenvalue weighted by Crippen LogP contribution is -2.29. The Morgan fingerprint density at radius 1 is 1.04 bits per heavy atom. The van der Waals surface area contributed by atoms with Crippen molar-refractivity contribution in [1.82, 2.24) is 4.90 Å². The van der Waals surface area contributed by atoms with Crippen LogP contribution in [0.1, 0.15) is 28.9 Å². The molecule has 0 aromatic heterocycles. The van der Waals surface area contributed by atoms with Crippen LogP contribution in [0.4, 0.5) is 8.78 Å². The number of benzene rings is 2. The number of sulfone groups is 1. The molecular weight excluding hydrogens is 336 g/mol. The number of rotatable bonds is 4. The molecule has 0 aliphatic rings. The van der Waals surface area contributed by atoms with E-state index in [2.05, 4.69) is 0 Å². The van der Waals surface area contributed by atoms with E-state index in [1.807, 2.05) is 0 Å². The highest BCUT2D eigenvalue weighted by Crippen LogP contribution is 2.23. The molecular formula is C17H17F2NO3S. The standard InChI is InChI=1S/C17H17F2NO3S/c1-11(12-4-6-16(7-5-12)24(3,22)23)20(2)17(21)13-8-14(18)10-15(19)9-13/h4-11H,1-3H3/t11-/m1/s1. The molecule has 24 heavy (non-hydrogen) atoms. The number of amides is 1. The normalized spacial score (nSPS) is 12.7. The maximum absolute atomic E-state index is 13.3. The molecule has 0 saturated heterocycles. The van der Waals surface area contributed by atoms with Gasteiger partial charge in [-0.05, 0) is 36.8 Å². The summed E-state index contributed by atoms with van der Waals surface area (Å²) in [5.41, 5.74) is 0.615. The summed E-state index contributed by atoms with van der Waals surface area (Å²) in [4.78, 5) is 13.9. The van der Waals surface area contributed by atoms with Crippen LogP contribution in [0.15, 0.2) is 47.4 Å². The van der Waals surface area contributed by atoms with Crippen molar-refractivity contribution in [2.24, 2.45) is 0 Å². The number of nitrogens with zero attached hydrogens (tertiary/aromatic N) is 1. The van der Waals surface area contributed by atoms with Crippen LogP contribution in [0.5, 0.6) is 0 Å². The molecule has 2 rings (SSSR count). The summed E-state index contributed by atoms with van der Waals surface area (Å²) in [5.74, 6) is -2.18. The van der Waals surface area contributed by atoms with Crippen LogP contribution in [0.3, 0.4) is 0 Å². The van der Waals surface area contributed by atoms with Crippen molar-refractivity contribution < 1.29 is 22.0 Å². The number of carbonyl (C=O) groups excluding carboxylic acids is 1. The van der Waals surface area contributed by atoms with E-state index >= 15 is 0 Å². The summed E-state index contributed by atoms with van der Waals surface area (Å²) >= 11 is 0. The number of carbonyl (C=O) groups is 1. The maximum Gasteiger partial charge on any atom is 0.254 e. The second-order valence-electron chi connectivity index (χ2n) is 5.59. The minimum Gasteiger partial charge on any atom is -0.335 e. The van der Waals surface area contributed by atoms with Crippen molar-refractivity contribution in [2.75, 3.05) is 13.3 Å². The third-order valence-corrected chi connectivity index (χ3v) is 4.93. The lowest BCUT2D eigenvalue weighted by molar-refractivity contribution is 0.0741. The van der Waals surface area contributed by atoms with Gasteiger partial charge < -0.3 is 4.90 Å². The minimum absolute atomic E-state index is 0.0883. The zero-order valence-electron chi connectivity index (χ0n) is 13.5. The number of halogens is 2. The molecule has 0 aliphatic heterocycles. The first-order valence-electron chi connectivity index (χ1n) is 7.13. The predicted octanol–water partition coefficient (Wildman–Crippen LogP) is 3.20.